The van der Waals surface area contributed by atoms with Crippen molar-refractivity contribution < 1.29 is 9.00 Å². The number of carbonyl (C=O) groups excluding carboxylic acids is 1. The fraction of sp³-hybridized carbons (Fsp3) is 0.800. The molecule has 1 aliphatic heterocycles. The van der Waals surface area contributed by atoms with Crippen molar-refractivity contribution in [3.8, 4) is 0 Å². The molecule has 1 fully saturated rings. The number of rotatable bonds is 2. The van der Waals surface area contributed by atoms with E-state index >= 15 is 0 Å². The molecular formula is C10H19NO2S. The highest BCUT2D eigenvalue weighted by Crippen LogP contribution is 2.08. The van der Waals surface area contributed by atoms with Gasteiger partial charge in [-0.2, -0.15) is 0 Å². The van der Waals surface area contributed by atoms with Gasteiger partial charge >= 0.3 is 0 Å². The highest BCUT2D eigenvalue weighted by Gasteiger charge is 2.21. The van der Waals surface area contributed by atoms with Crippen molar-refractivity contribution in [2.24, 2.45) is 5.92 Å². The van der Waals surface area contributed by atoms with Gasteiger partial charge in [-0.1, -0.05) is 13.8 Å². The monoisotopic (exact) mass is 217 g/mol. The lowest BCUT2D eigenvalue weighted by Crippen LogP contribution is -2.43. The molecule has 1 heterocycles. The standard InChI is InChI=1S/C10H19NO2S/c1-9(2)8-10(12)11-4-6-14(3,13)7-5-11/h9H,3-8H2,1-2H3. The van der Waals surface area contributed by atoms with E-state index in [9.17, 15) is 9.00 Å². The minimum atomic E-state index is -1.87. The number of carbonyl (C=O) groups is 1. The van der Waals surface area contributed by atoms with Crippen molar-refractivity contribution in [1.29, 1.82) is 0 Å². The molecular weight excluding hydrogens is 198 g/mol. The van der Waals surface area contributed by atoms with Crippen LogP contribution >= 0.6 is 0 Å². The first-order chi connectivity index (χ1) is 6.41. The van der Waals surface area contributed by atoms with Gasteiger partial charge in [0, 0.05) is 31.0 Å². The number of hydrogen-bond donors (Lipinski definition) is 0. The zero-order chi connectivity index (χ0) is 10.8. The highest BCUT2D eigenvalue weighted by atomic mass is 32.2. The van der Waals surface area contributed by atoms with Crippen molar-refractivity contribution in [2.75, 3.05) is 24.6 Å². The van der Waals surface area contributed by atoms with Gasteiger partial charge in [0.15, 0.2) is 0 Å². The summed E-state index contributed by atoms with van der Waals surface area (Å²) in [5, 5.41) is 0. The second-order valence-corrected chi connectivity index (χ2v) is 7.10. The predicted octanol–water partition coefficient (Wildman–Crippen LogP) is 0.591. The van der Waals surface area contributed by atoms with Crippen LogP contribution in [0.1, 0.15) is 20.3 Å². The lowest BCUT2D eigenvalue weighted by Gasteiger charge is -2.29. The largest absolute Gasteiger partial charge is 0.341 e. The van der Waals surface area contributed by atoms with E-state index in [0.717, 1.165) is 0 Å². The van der Waals surface area contributed by atoms with Crippen molar-refractivity contribution in [2.45, 2.75) is 20.3 Å². The van der Waals surface area contributed by atoms with E-state index in [1.807, 2.05) is 18.7 Å². The highest BCUT2D eigenvalue weighted by molar-refractivity contribution is 8.00. The molecule has 1 saturated heterocycles. The zero-order valence-electron chi connectivity index (χ0n) is 8.99. The summed E-state index contributed by atoms with van der Waals surface area (Å²) in [6, 6.07) is 0. The van der Waals surface area contributed by atoms with E-state index in [4.69, 9.17) is 0 Å². The first-order valence-corrected chi connectivity index (χ1v) is 7.07. The molecule has 0 aromatic carbocycles. The second kappa shape index (κ2) is 4.34. The van der Waals surface area contributed by atoms with E-state index in [2.05, 4.69) is 5.87 Å². The van der Waals surface area contributed by atoms with E-state index in [-0.39, 0.29) is 5.91 Å². The smallest absolute Gasteiger partial charge is 0.222 e. The molecule has 0 bridgehead atoms. The van der Waals surface area contributed by atoms with Crippen LogP contribution < -0.4 is 0 Å². The third kappa shape index (κ3) is 3.33. The third-order valence-electron chi connectivity index (χ3n) is 2.40. The zero-order valence-corrected chi connectivity index (χ0v) is 9.81. The molecule has 14 heavy (non-hydrogen) atoms. The van der Waals surface area contributed by atoms with E-state index in [1.165, 1.54) is 0 Å². The maximum atomic E-state index is 11.6. The fourth-order valence-electron chi connectivity index (χ4n) is 1.49. The summed E-state index contributed by atoms with van der Waals surface area (Å²) in [5.41, 5.74) is 0. The Balaban J connectivity index is 2.46. The Labute approximate surface area is 86.5 Å². The van der Waals surface area contributed by atoms with E-state index < -0.39 is 9.52 Å². The Morgan fingerprint density at radius 3 is 2.36 bits per heavy atom. The van der Waals surface area contributed by atoms with Gasteiger partial charge in [0.25, 0.3) is 0 Å². The van der Waals surface area contributed by atoms with E-state index in [0.29, 0.717) is 36.9 Å². The Kier molecular flexibility index (Phi) is 3.59. The van der Waals surface area contributed by atoms with Crippen LogP contribution in [0.2, 0.25) is 0 Å². The molecule has 1 amide bonds. The molecule has 0 N–H and O–H groups in total. The summed E-state index contributed by atoms with van der Waals surface area (Å²) >= 11 is 0. The van der Waals surface area contributed by atoms with Crippen LogP contribution in [0.15, 0.2) is 0 Å². The van der Waals surface area contributed by atoms with Crippen molar-refractivity contribution in [3.05, 3.63) is 0 Å². The molecule has 82 valence electrons. The van der Waals surface area contributed by atoms with Crippen LogP contribution in [0.5, 0.6) is 0 Å². The summed E-state index contributed by atoms with van der Waals surface area (Å²) in [5.74, 6) is 5.39. The maximum Gasteiger partial charge on any atom is 0.222 e. The molecule has 0 atom stereocenters. The topological polar surface area (TPSA) is 37.4 Å². The minimum absolute atomic E-state index is 0.190. The molecule has 0 unspecified atom stereocenters. The van der Waals surface area contributed by atoms with Crippen molar-refractivity contribution in [1.82, 2.24) is 4.90 Å². The van der Waals surface area contributed by atoms with Crippen LogP contribution in [-0.2, 0) is 14.3 Å². The van der Waals surface area contributed by atoms with Crippen LogP contribution in [0.3, 0.4) is 0 Å². The molecule has 0 aromatic heterocycles. The van der Waals surface area contributed by atoms with Crippen molar-refractivity contribution in [3.63, 3.8) is 0 Å². The first-order valence-electron chi connectivity index (χ1n) is 5.01. The first kappa shape index (κ1) is 11.6. The Morgan fingerprint density at radius 2 is 1.93 bits per heavy atom. The fourth-order valence-corrected chi connectivity index (χ4v) is 2.81. The van der Waals surface area contributed by atoms with Gasteiger partial charge in [-0.25, -0.2) is 0 Å². The Morgan fingerprint density at radius 1 is 1.43 bits per heavy atom. The molecule has 0 aromatic rings. The van der Waals surface area contributed by atoms with Gasteiger partial charge in [0.05, 0.1) is 0 Å². The molecule has 1 rings (SSSR count). The summed E-state index contributed by atoms with van der Waals surface area (Å²) in [7, 11) is -1.87. The molecule has 1 aliphatic rings. The minimum Gasteiger partial charge on any atom is -0.341 e. The lowest BCUT2D eigenvalue weighted by atomic mass is 10.1. The normalized spacial score (nSPS) is 21.2. The molecule has 4 heteroatoms. The number of hydrogen-bond acceptors (Lipinski definition) is 2. The summed E-state index contributed by atoms with van der Waals surface area (Å²) in [6.07, 6.45) is 0.596. The summed E-state index contributed by atoms with van der Waals surface area (Å²) in [6.45, 7) is 5.31. The molecule has 0 saturated carbocycles. The predicted molar refractivity (Wildman–Crippen MR) is 61.0 cm³/mol. The van der Waals surface area contributed by atoms with Gasteiger partial charge in [-0.15, -0.1) is 0 Å². The van der Waals surface area contributed by atoms with Gasteiger partial charge in [-0.05, 0) is 21.3 Å². The van der Waals surface area contributed by atoms with Crippen LogP contribution in [0, 0.1) is 5.92 Å². The molecule has 0 spiro atoms. The molecule has 0 aliphatic carbocycles. The average Bonchev–Trinajstić information content (AvgIpc) is 2.02. The number of nitrogens with zero attached hydrogens (tertiary/aromatic N) is 1. The van der Waals surface area contributed by atoms with Gasteiger partial charge < -0.3 is 4.90 Å². The second-order valence-electron chi connectivity index (χ2n) is 4.35. The summed E-state index contributed by atoms with van der Waals surface area (Å²) in [4.78, 5) is 13.4. The van der Waals surface area contributed by atoms with Gasteiger partial charge in [0.2, 0.25) is 5.91 Å². The maximum absolute atomic E-state index is 11.6. The Hall–Kier alpha value is -0.510. The lowest BCUT2D eigenvalue weighted by molar-refractivity contribution is -0.131. The third-order valence-corrected chi connectivity index (χ3v) is 4.26. The van der Waals surface area contributed by atoms with Crippen molar-refractivity contribution >= 4 is 21.3 Å². The van der Waals surface area contributed by atoms with Crippen LogP contribution in [-0.4, -0.2) is 45.5 Å². The van der Waals surface area contributed by atoms with E-state index in [1.54, 1.807) is 0 Å². The number of amides is 1. The van der Waals surface area contributed by atoms with Gasteiger partial charge in [0.1, 0.15) is 0 Å². The molecule has 0 radical (unpaired) electrons. The van der Waals surface area contributed by atoms with Crippen LogP contribution in [0.25, 0.3) is 0 Å². The SMILES string of the molecule is C=S1(=O)CCN(C(=O)CC(C)C)CC1. The summed E-state index contributed by atoms with van der Waals surface area (Å²) < 4.78 is 11.5. The van der Waals surface area contributed by atoms with Crippen LogP contribution in [0.4, 0.5) is 0 Å². The molecule has 3 nitrogen and oxygen atoms in total. The average molecular weight is 217 g/mol. The van der Waals surface area contributed by atoms with Gasteiger partial charge in [-0.3, -0.25) is 9.00 Å². The Bertz CT molecular complexity index is 292. The quantitative estimate of drug-likeness (QED) is 0.635.